The molecule has 0 spiro atoms. The summed E-state index contributed by atoms with van der Waals surface area (Å²) in [4.78, 5) is 4.10. The normalized spacial score (nSPS) is 19.9. The molecule has 0 aromatic heterocycles. The van der Waals surface area contributed by atoms with E-state index in [1.54, 1.807) is 36.4 Å². The number of hydrazine groups is 1. The number of nitrogens with zero attached hydrogens (tertiary/aromatic N) is 1. The Morgan fingerprint density at radius 3 is 2.19 bits per heavy atom. The Hall–Kier alpha value is -1.84. The lowest BCUT2D eigenvalue weighted by Gasteiger charge is -2.22. The highest BCUT2D eigenvalue weighted by atomic mass is 35.5. The van der Waals surface area contributed by atoms with E-state index in [0.717, 1.165) is 5.56 Å². The molecule has 138 valence electrons. The van der Waals surface area contributed by atoms with Crippen LogP contribution in [0.1, 0.15) is 11.1 Å². The van der Waals surface area contributed by atoms with Gasteiger partial charge in [0.05, 0.1) is 15.8 Å². The SMILES string of the molecule is CS(=O)(=O)Cc1ccc(-c2c(Cl)cc(C3(N)N=C(N)NN3)cc2Cl)cc1. The smallest absolute Gasteiger partial charge is 0.209 e. The number of benzene rings is 2. The van der Waals surface area contributed by atoms with Crippen LogP contribution in [-0.4, -0.2) is 20.6 Å². The summed E-state index contributed by atoms with van der Waals surface area (Å²) in [6.45, 7) is 0. The van der Waals surface area contributed by atoms with Crippen molar-refractivity contribution in [1.29, 1.82) is 0 Å². The average molecular weight is 414 g/mol. The van der Waals surface area contributed by atoms with Crippen LogP contribution < -0.4 is 22.3 Å². The van der Waals surface area contributed by atoms with Gasteiger partial charge in [0, 0.05) is 17.4 Å². The first-order chi connectivity index (χ1) is 12.1. The zero-order valence-electron chi connectivity index (χ0n) is 13.8. The van der Waals surface area contributed by atoms with Gasteiger partial charge in [-0.25, -0.2) is 13.4 Å². The van der Waals surface area contributed by atoms with Crippen molar-refractivity contribution < 1.29 is 8.42 Å². The molecule has 10 heteroatoms. The van der Waals surface area contributed by atoms with Crippen LogP contribution in [0.3, 0.4) is 0 Å². The van der Waals surface area contributed by atoms with Crippen LogP contribution in [0.25, 0.3) is 11.1 Å². The van der Waals surface area contributed by atoms with Gasteiger partial charge >= 0.3 is 0 Å². The molecule has 0 radical (unpaired) electrons. The van der Waals surface area contributed by atoms with Crippen molar-refractivity contribution in [1.82, 2.24) is 10.9 Å². The van der Waals surface area contributed by atoms with Crippen LogP contribution >= 0.6 is 23.2 Å². The summed E-state index contributed by atoms with van der Waals surface area (Å²) in [7, 11) is -3.10. The molecule has 1 heterocycles. The molecule has 3 rings (SSSR count). The first-order valence-corrected chi connectivity index (χ1v) is 10.3. The van der Waals surface area contributed by atoms with Crippen molar-refractivity contribution >= 4 is 39.0 Å². The summed E-state index contributed by atoms with van der Waals surface area (Å²) in [6.07, 6.45) is 1.19. The van der Waals surface area contributed by atoms with Crippen molar-refractivity contribution in [2.24, 2.45) is 16.5 Å². The summed E-state index contributed by atoms with van der Waals surface area (Å²) >= 11 is 12.9. The van der Waals surface area contributed by atoms with Gasteiger partial charge in [0.15, 0.2) is 9.84 Å². The van der Waals surface area contributed by atoms with Crippen molar-refractivity contribution in [2.45, 2.75) is 11.5 Å². The van der Waals surface area contributed by atoms with Crippen LogP contribution in [0, 0.1) is 0 Å². The molecule has 1 aliphatic rings. The van der Waals surface area contributed by atoms with Gasteiger partial charge in [-0.1, -0.05) is 47.5 Å². The van der Waals surface area contributed by atoms with E-state index >= 15 is 0 Å². The van der Waals surface area contributed by atoms with Gasteiger partial charge in [0.25, 0.3) is 0 Å². The number of aliphatic imine (C=N–C) groups is 1. The second kappa shape index (κ2) is 6.71. The van der Waals surface area contributed by atoms with Crippen LogP contribution in [0.15, 0.2) is 41.4 Å². The molecule has 6 N–H and O–H groups in total. The van der Waals surface area contributed by atoms with E-state index in [9.17, 15) is 8.42 Å². The second-order valence-electron chi connectivity index (χ2n) is 6.10. The maximum Gasteiger partial charge on any atom is 0.209 e. The Morgan fingerprint density at radius 1 is 1.15 bits per heavy atom. The van der Waals surface area contributed by atoms with Gasteiger partial charge in [-0.15, -0.1) is 0 Å². The zero-order valence-corrected chi connectivity index (χ0v) is 16.1. The highest BCUT2D eigenvalue weighted by molar-refractivity contribution is 7.89. The number of hydrogen-bond donors (Lipinski definition) is 4. The lowest BCUT2D eigenvalue weighted by atomic mass is 10.0. The average Bonchev–Trinajstić information content (AvgIpc) is 2.87. The number of guanidine groups is 1. The van der Waals surface area contributed by atoms with E-state index in [1.807, 2.05) is 0 Å². The Morgan fingerprint density at radius 2 is 1.73 bits per heavy atom. The summed E-state index contributed by atoms with van der Waals surface area (Å²) < 4.78 is 22.8. The number of nitrogens with one attached hydrogen (secondary N) is 2. The van der Waals surface area contributed by atoms with Gasteiger partial charge in [0.1, 0.15) is 0 Å². The summed E-state index contributed by atoms with van der Waals surface area (Å²) in [6, 6.07) is 10.3. The minimum absolute atomic E-state index is 0.0263. The number of sulfone groups is 1. The van der Waals surface area contributed by atoms with Crippen molar-refractivity contribution in [2.75, 3.05) is 6.26 Å². The fourth-order valence-electron chi connectivity index (χ4n) is 2.68. The molecule has 7 nitrogen and oxygen atoms in total. The standard InChI is InChI=1S/C16H17Cl2N5O2S/c1-26(24,25)8-9-2-4-10(5-3-9)14-12(17)6-11(7-13(14)18)16(20)21-15(19)22-23-16/h2-7,23H,8,20H2,1H3,(H3,19,21,22). The third-order valence-corrected chi connectivity index (χ3v) is 5.29. The molecule has 0 fully saturated rings. The van der Waals surface area contributed by atoms with Crippen molar-refractivity contribution in [3.63, 3.8) is 0 Å². The Bertz CT molecular complexity index is 969. The molecule has 0 aliphatic carbocycles. The molecule has 1 unspecified atom stereocenters. The molecule has 0 bridgehead atoms. The first kappa shape index (κ1) is 18.9. The minimum atomic E-state index is -3.10. The van der Waals surface area contributed by atoms with E-state index in [-0.39, 0.29) is 11.7 Å². The van der Waals surface area contributed by atoms with Crippen LogP contribution in [0.2, 0.25) is 10.0 Å². The van der Waals surface area contributed by atoms with E-state index in [4.69, 9.17) is 34.7 Å². The monoisotopic (exact) mass is 413 g/mol. The van der Waals surface area contributed by atoms with Gasteiger partial charge < -0.3 is 5.73 Å². The van der Waals surface area contributed by atoms with E-state index < -0.39 is 15.6 Å². The Labute approximate surface area is 161 Å². The van der Waals surface area contributed by atoms with Gasteiger partial charge in [-0.2, -0.15) is 5.43 Å². The minimum Gasteiger partial charge on any atom is -0.369 e. The Kier molecular flexibility index (Phi) is 4.89. The summed E-state index contributed by atoms with van der Waals surface area (Å²) in [5.74, 6) is -1.14. The number of rotatable bonds is 4. The maximum atomic E-state index is 11.4. The van der Waals surface area contributed by atoms with Gasteiger partial charge in [0.2, 0.25) is 11.7 Å². The van der Waals surface area contributed by atoms with Gasteiger partial charge in [-0.05, 0) is 23.3 Å². The molecule has 0 saturated carbocycles. The highest BCUT2D eigenvalue weighted by Gasteiger charge is 2.32. The maximum absolute atomic E-state index is 11.4. The lowest BCUT2D eigenvalue weighted by molar-refractivity contribution is 0.375. The third kappa shape index (κ3) is 3.94. The molecule has 0 saturated heterocycles. The topological polar surface area (TPSA) is 123 Å². The first-order valence-electron chi connectivity index (χ1n) is 7.51. The molecule has 1 aliphatic heterocycles. The van der Waals surface area contributed by atoms with E-state index in [2.05, 4.69) is 15.8 Å². The predicted octanol–water partition coefficient (Wildman–Crippen LogP) is 1.70. The molecule has 26 heavy (non-hydrogen) atoms. The van der Waals surface area contributed by atoms with E-state index in [0.29, 0.717) is 26.7 Å². The number of hydrogen-bond acceptors (Lipinski definition) is 7. The molecular formula is C16H17Cl2N5O2S. The zero-order chi connectivity index (χ0) is 19.1. The third-order valence-electron chi connectivity index (χ3n) is 3.83. The fourth-order valence-corrected chi connectivity index (χ4v) is 4.18. The molecule has 2 aromatic rings. The largest absolute Gasteiger partial charge is 0.369 e. The lowest BCUT2D eigenvalue weighted by Crippen LogP contribution is -2.50. The summed E-state index contributed by atoms with van der Waals surface area (Å²) in [5.41, 5.74) is 19.8. The number of halogens is 2. The van der Waals surface area contributed by atoms with Crippen molar-refractivity contribution in [3.8, 4) is 11.1 Å². The quantitative estimate of drug-likeness (QED) is 0.604. The van der Waals surface area contributed by atoms with Crippen LogP contribution in [-0.2, 0) is 21.4 Å². The second-order valence-corrected chi connectivity index (χ2v) is 9.05. The molecular weight excluding hydrogens is 397 g/mol. The number of nitrogens with two attached hydrogens (primary N) is 2. The Balaban J connectivity index is 1.97. The van der Waals surface area contributed by atoms with E-state index in [1.165, 1.54) is 6.26 Å². The molecule has 2 aromatic carbocycles. The summed E-state index contributed by atoms with van der Waals surface area (Å²) in [5, 5.41) is 0.770. The van der Waals surface area contributed by atoms with Crippen LogP contribution in [0.4, 0.5) is 0 Å². The van der Waals surface area contributed by atoms with Crippen LogP contribution in [0.5, 0.6) is 0 Å². The highest BCUT2D eigenvalue weighted by Crippen LogP contribution is 2.38. The predicted molar refractivity (Wildman–Crippen MR) is 104 cm³/mol. The fraction of sp³-hybridized carbons (Fsp3) is 0.188. The van der Waals surface area contributed by atoms with Gasteiger partial charge in [-0.3, -0.25) is 11.2 Å². The molecule has 1 atom stereocenters. The van der Waals surface area contributed by atoms with Crippen molar-refractivity contribution in [3.05, 3.63) is 57.6 Å². The molecule has 0 amide bonds.